The van der Waals surface area contributed by atoms with Crippen molar-refractivity contribution in [2.45, 2.75) is 0 Å². The molecule has 16 heteroatoms. The van der Waals surface area contributed by atoms with Gasteiger partial charge in [0, 0.05) is 97.7 Å². The van der Waals surface area contributed by atoms with Crippen molar-refractivity contribution < 1.29 is 4.42 Å². The average Bonchev–Trinajstić information content (AvgIpc) is 1.54. The van der Waals surface area contributed by atoms with Crippen LogP contribution in [0.2, 0.25) is 0 Å². The maximum absolute atomic E-state index is 6.54. The Kier molecular flexibility index (Phi) is 16.9. The van der Waals surface area contributed by atoms with Gasteiger partial charge in [0.05, 0.1) is 66.7 Å². The second-order valence-corrected chi connectivity index (χ2v) is 39.0. The van der Waals surface area contributed by atoms with E-state index in [1.54, 1.807) is 0 Å². The quantitative estimate of drug-likeness (QED) is 0.114. The number of nitrogens with zero attached hydrogens (tertiary/aromatic N) is 15. The van der Waals surface area contributed by atoms with E-state index in [4.69, 9.17) is 49.3 Å². The largest absolute Gasteiger partial charge is 0.455 e. The average molecular weight is 1900 g/mol. The fourth-order valence-corrected chi connectivity index (χ4v) is 24.3. The molecular weight excluding hydrogens is 1820 g/mol. The minimum atomic E-state index is 0.527. The summed E-state index contributed by atoms with van der Waals surface area (Å²) >= 11 is 0. The van der Waals surface area contributed by atoms with Crippen molar-refractivity contribution >= 4 is 214 Å². The lowest BCUT2D eigenvalue weighted by Gasteiger charge is -2.16. The molecule has 0 spiro atoms. The molecule has 0 saturated heterocycles. The molecule has 0 bridgehead atoms. The SMILES string of the molecule is c1cc(-c2ccc(-c3ccc(-c4nc(-n5c6ccc(-c7ccc(-c8nc(-n9c%10ccccc%10c%10nc%11c%12ccccc%12c%12ccccc%12n%11c%109)nc9ccccc89)c8ccccc78)cc6c6nc7c8ccccc8c8ccccc8n7c65)nc5ccccc45)cc3)cc2)cc(-c2ccc3c(c2)c2nc4c5ccccc5c5ccccc5n4c2n3-c2nc(-c3ccc(-c4cccc5c4oc4ccccc45)cc3)c3ccccc3n2)c1. The van der Waals surface area contributed by atoms with Gasteiger partial charge in [-0.3, -0.25) is 26.9 Å². The molecular formula is C133H75N15O. The molecule has 0 aliphatic heterocycles. The Balaban J connectivity index is 0.479. The summed E-state index contributed by atoms with van der Waals surface area (Å²) in [6.45, 7) is 0. The highest BCUT2D eigenvalue weighted by molar-refractivity contribution is 6.23. The smallest absolute Gasteiger partial charge is 0.237 e. The van der Waals surface area contributed by atoms with Crippen LogP contribution in [0.3, 0.4) is 0 Å². The van der Waals surface area contributed by atoms with Crippen LogP contribution in [0.1, 0.15) is 0 Å². The Morgan fingerprint density at radius 1 is 0.161 bits per heavy atom. The first-order valence-corrected chi connectivity index (χ1v) is 50.3. The van der Waals surface area contributed by atoms with Crippen molar-refractivity contribution in [3.8, 4) is 107 Å². The summed E-state index contributed by atoms with van der Waals surface area (Å²) in [4.78, 5) is 50.9. The molecule has 0 amide bonds. The molecule has 0 N–H and O–H groups in total. The Hall–Kier alpha value is -20.5. The van der Waals surface area contributed by atoms with Crippen LogP contribution in [0.25, 0.3) is 321 Å². The number of furan rings is 1. The van der Waals surface area contributed by atoms with Gasteiger partial charge in [0.25, 0.3) is 0 Å². The molecule has 0 saturated carbocycles. The zero-order chi connectivity index (χ0) is 97.1. The van der Waals surface area contributed by atoms with Crippen LogP contribution in [-0.4, -0.2) is 71.8 Å². The lowest BCUT2D eigenvalue weighted by Crippen LogP contribution is -2.05. The predicted octanol–water partition coefficient (Wildman–Crippen LogP) is 33.1. The van der Waals surface area contributed by atoms with E-state index in [9.17, 15) is 0 Å². The molecule has 0 radical (unpaired) electrons. The highest BCUT2D eigenvalue weighted by Crippen LogP contribution is 2.49. The van der Waals surface area contributed by atoms with Gasteiger partial charge < -0.3 is 4.42 Å². The fourth-order valence-electron chi connectivity index (χ4n) is 24.3. The van der Waals surface area contributed by atoms with E-state index in [2.05, 4.69) is 470 Å². The zero-order valence-corrected chi connectivity index (χ0v) is 79.4. The van der Waals surface area contributed by atoms with E-state index in [0.717, 1.165) is 303 Å². The molecule has 13 heterocycles. The molecule has 149 heavy (non-hydrogen) atoms. The van der Waals surface area contributed by atoms with Gasteiger partial charge in [-0.1, -0.05) is 376 Å². The van der Waals surface area contributed by atoms with Gasteiger partial charge in [0.15, 0.2) is 16.9 Å². The van der Waals surface area contributed by atoms with Gasteiger partial charge >= 0.3 is 0 Å². The number of fused-ring (bicyclic) bond motifs is 37. The third kappa shape index (κ3) is 11.8. The van der Waals surface area contributed by atoms with Gasteiger partial charge in [-0.25, -0.2) is 44.9 Å². The number of para-hydroxylation sites is 9. The van der Waals surface area contributed by atoms with Gasteiger partial charge in [-0.15, -0.1) is 0 Å². The molecule has 13 aromatic heterocycles. The summed E-state index contributed by atoms with van der Waals surface area (Å²) in [6, 6.07) is 162. The number of imidazole rings is 3. The van der Waals surface area contributed by atoms with Gasteiger partial charge in [-0.2, -0.15) is 0 Å². The molecule has 0 unspecified atom stereocenters. The second-order valence-electron chi connectivity index (χ2n) is 39.0. The van der Waals surface area contributed by atoms with Gasteiger partial charge in [0.2, 0.25) is 17.8 Å². The topological polar surface area (TPSA) is 157 Å². The molecule has 688 valence electrons. The first kappa shape index (κ1) is 81.1. The maximum Gasteiger partial charge on any atom is 0.237 e. The van der Waals surface area contributed by atoms with Crippen LogP contribution in [0.15, 0.2) is 459 Å². The first-order chi connectivity index (χ1) is 73.9. The van der Waals surface area contributed by atoms with E-state index in [0.29, 0.717) is 17.8 Å². The van der Waals surface area contributed by atoms with E-state index in [1.165, 1.54) is 0 Å². The highest BCUT2D eigenvalue weighted by atomic mass is 16.3. The standard InChI is InChI=1S/C133H75N15O/c1-2-30-89-88(29-1)86(69-70-97(89)120-104-43-11-19-49-110(104)136-133(142-120)146-114-53-23-15-44-105(114)121-128(146)143-111-50-20-12-34-93(111)90-31-3-6-38-99(90)125(143)137-121)85-68-72-116-107(75-85)123-130(145-113-52-22-14-36-95(113)92-33-5-8-40-101(92)127(145)139-123)148(116)132-135-108-47-17-9-41-102(108)118(140-132)80-63-59-77(60-64-80)76-55-57-78(58-56-76)82-27-25-28-83(73-82)84-67-71-115-106(74-84)122-129(144-112-51-21-13-35-94(112)91-32-4-7-39-100(91)126(144)138-122)147(115)131-134-109-48-18-10-42-103(109)119(141-131)81-65-61-79(62-66-81)87-45-26-46-98-96-37-16-24-54-117(96)149-124(87)98/h1-75H. The predicted molar refractivity (Wildman–Crippen MR) is 608 cm³/mol. The number of benzene rings is 20. The molecule has 0 aliphatic carbocycles. The van der Waals surface area contributed by atoms with Crippen LogP contribution in [0, 0.1) is 0 Å². The third-order valence-corrected chi connectivity index (χ3v) is 31.0. The van der Waals surface area contributed by atoms with Crippen LogP contribution >= 0.6 is 0 Å². The van der Waals surface area contributed by atoms with Crippen molar-refractivity contribution in [1.82, 2.24) is 71.8 Å². The Morgan fingerprint density at radius 3 is 0.966 bits per heavy atom. The lowest BCUT2D eigenvalue weighted by molar-refractivity contribution is 0.670. The summed E-state index contributed by atoms with van der Waals surface area (Å²) in [5.74, 6) is 1.62. The van der Waals surface area contributed by atoms with E-state index >= 15 is 0 Å². The molecule has 0 atom stereocenters. The molecule has 0 fully saturated rings. The van der Waals surface area contributed by atoms with Crippen LogP contribution < -0.4 is 0 Å². The fraction of sp³-hybridized carbons (Fsp3) is 0. The van der Waals surface area contributed by atoms with Gasteiger partial charge in [-0.05, 0) is 156 Å². The second kappa shape index (κ2) is 31.0. The number of pyridine rings is 3. The van der Waals surface area contributed by atoms with Gasteiger partial charge in [0.1, 0.15) is 44.7 Å². The molecule has 33 aromatic rings. The van der Waals surface area contributed by atoms with Crippen molar-refractivity contribution in [2.24, 2.45) is 0 Å². The lowest BCUT2D eigenvalue weighted by atomic mass is 9.92. The summed E-state index contributed by atoms with van der Waals surface area (Å²) < 4.78 is 20.2. The first-order valence-electron chi connectivity index (χ1n) is 50.3. The molecule has 0 aliphatic rings. The van der Waals surface area contributed by atoms with Crippen LogP contribution in [0.5, 0.6) is 0 Å². The van der Waals surface area contributed by atoms with E-state index < -0.39 is 0 Å². The number of hydrogen-bond acceptors (Lipinski definition) is 10. The van der Waals surface area contributed by atoms with Crippen LogP contribution in [-0.2, 0) is 0 Å². The Morgan fingerprint density at radius 2 is 0.477 bits per heavy atom. The third-order valence-electron chi connectivity index (χ3n) is 31.0. The van der Waals surface area contributed by atoms with Crippen molar-refractivity contribution in [3.05, 3.63) is 455 Å². The normalized spacial score (nSPS) is 12.3. The molecule has 16 nitrogen and oxygen atoms in total. The number of rotatable bonds is 11. The minimum absolute atomic E-state index is 0.527. The molecule has 33 rings (SSSR count). The summed E-state index contributed by atoms with van der Waals surface area (Å²) in [6.07, 6.45) is 0. The zero-order valence-electron chi connectivity index (χ0n) is 79.4. The summed E-state index contributed by atoms with van der Waals surface area (Å²) in [5.41, 5.74) is 34.0. The minimum Gasteiger partial charge on any atom is -0.455 e. The maximum atomic E-state index is 6.54. The molecule has 20 aromatic carbocycles. The monoisotopic (exact) mass is 1900 g/mol. The van der Waals surface area contributed by atoms with E-state index in [-0.39, 0.29) is 0 Å². The summed E-state index contributed by atoms with van der Waals surface area (Å²) in [7, 11) is 0. The highest BCUT2D eigenvalue weighted by Gasteiger charge is 2.32. The summed E-state index contributed by atoms with van der Waals surface area (Å²) in [5, 5.41) is 20.1. The van der Waals surface area contributed by atoms with E-state index in [1.807, 2.05) is 12.1 Å². The van der Waals surface area contributed by atoms with Crippen molar-refractivity contribution in [1.29, 1.82) is 0 Å². The Bertz CT molecular complexity index is 11700. The number of aromatic nitrogens is 15. The number of hydrogen-bond donors (Lipinski definition) is 0. The van der Waals surface area contributed by atoms with Crippen molar-refractivity contribution in [3.63, 3.8) is 0 Å². The van der Waals surface area contributed by atoms with Crippen LogP contribution in [0.4, 0.5) is 0 Å². The Labute approximate surface area is 846 Å². The van der Waals surface area contributed by atoms with Crippen molar-refractivity contribution in [2.75, 3.05) is 0 Å².